The molecule has 0 amide bonds. The summed E-state index contributed by atoms with van der Waals surface area (Å²) in [6.07, 6.45) is 4.46. The smallest absolute Gasteiger partial charge is 0.157 e. The van der Waals surface area contributed by atoms with E-state index in [2.05, 4.69) is 42.3 Å². The highest BCUT2D eigenvalue weighted by Crippen LogP contribution is 2.34. The maximum atomic E-state index is 9.76. The minimum Gasteiger partial charge on any atom is -0.357 e. The van der Waals surface area contributed by atoms with E-state index >= 15 is 0 Å². The van der Waals surface area contributed by atoms with Crippen molar-refractivity contribution < 1.29 is 0 Å². The molecule has 150 valence electrons. The van der Waals surface area contributed by atoms with Crippen LogP contribution in [0.5, 0.6) is 0 Å². The zero-order chi connectivity index (χ0) is 20.2. The summed E-state index contributed by atoms with van der Waals surface area (Å²) in [5.74, 6) is 3.77. The van der Waals surface area contributed by atoms with Crippen molar-refractivity contribution >= 4 is 22.5 Å². The Morgan fingerprint density at radius 1 is 1.13 bits per heavy atom. The van der Waals surface area contributed by atoms with E-state index in [4.69, 9.17) is 4.98 Å². The maximum Gasteiger partial charge on any atom is 0.157 e. The third-order valence-electron chi connectivity index (χ3n) is 6.61. The second-order valence-corrected chi connectivity index (χ2v) is 8.45. The summed E-state index contributed by atoms with van der Waals surface area (Å²) in [6, 6.07) is 12.6. The third-order valence-corrected chi connectivity index (χ3v) is 6.61. The van der Waals surface area contributed by atoms with Crippen molar-refractivity contribution in [3.05, 3.63) is 53.1 Å². The minimum absolute atomic E-state index is 0.374. The Bertz CT molecular complexity index is 1320. The summed E-state index contributed by atoms with van der Waals surface area (Å²) in [5.41, 5.74) is 4.34. The number of rotatable bonds is 2. The van der Waals surface area contributed by atoms with E-state index in [0.717, 1.165) is 78.6 Å². The van der Waals surface area contributed by atoms with Crippen LogP contribution in [0, 0.1) is 18.3 Å². The van der Waals surface area contributed by atoms with E-state index in [0.29, 0.717) is 11.5 Å². The van der Waals surface area contributed by atoms with Gasteiger partial charge in [-0.05, 0) is 49.9 Å². The molecule has 2 aliphatic rings. The lowest BCUT2D eigenvalue weighted by molar-refractivity contribution is 0.470. The van der Waals surface area contributed by atoms with Gasteiger partial charge in [-0.1, -0.05) is 12.1 Å². The van der Waals surface area contributed by atoms with Crippen molar-refractivity contribution in [2.24, 2.45) is 0 Å². The molecule has 6 rings (SSSR count). The van der Waals surface area contributed by atoms with Gasteiger partial charge in [0.1, 0.15) is 23.5 Å². The van der Waals surface area contributed by atoms with Crippen molar-refractivity contribution in [2.45, 2.75) is 45.1 Å². The number of para-hydroxylation sites is 2. The van der Waals surface area contributed by atoms with Gasteiger partial charge in [-0.2, -0.15) is 5.26 Å². The summed E-state index contributed by atoms with van der Waals surface area (Å²) in [7, 11) is 0. The summed E-state index contributed by atoms with van der Waals surface area (Å²) in [4.78, 5) is 7.25. The number of aromatic nitrogens is 5. The average Bonchev–Trinajstić information content (AvgIpc) is 3.47. The van der Waals surface area contributed by atoms with Crippen molar-refractivity contribution in [2.75, 3.05) is 18.0 Å². The first kappa shape index (κ1) is 17.5. The number of hydrogen-bond donors (Lipinski definition) is 0. The number of imidazole rings is 1. The van der Waals surface area contributed by atoms with Crippen LogP contribution in [0.4, 0.5) is 5.82 Å². The maximum absolute atomic E-state index is 9.76. The molecule has 1 saturated heterocycles. The van der Waals surface area contributed by atoms with E-state index in [1.54, 1.807) is 0 Å². The molecule has 5 heterocycles. The van der Waals surface area contributed by atoms with Crippen LogP contribution in [0.15, 0.2) is 30.3 Å². The minimum atomic E-state index is 0.374. The first-order chi connectivity index (χ1) is 14.7. The Hall–Kier alpha value is -3.40. The summed E-state index contributed by atoms with van der Waals surface area (Å²) >= 11 is 0. The second kappa shape index (κ2) is 6.56. The molecule has 0 spiro atoms. The molecule has 0 radical (unpaired) electrons. The molecule has 4 aromatic rings. The van der Waals surface area contributed by atoms with Crippen molar-refractivity contribution in [3.63, 3.8) is 0 Å². The zero-order valence-electron chi connectivity index (χ0n) is 17.0. The SMILES string of the molecule is Cc1cc(N2CCCC(c3nnc4n3CCC4)C2)n2c(nc3ccccc32)c1C#N. The van der Waals surface area contributed by atoms with Crippen LogP contribution in [0.1, 0.15) is 48.0 Å². The van der Waals surface area contributed by atoms with Crippen LogP contribution < -0.4 is 4.90 Å². The topological polar surface area (TPSA) is 75.0 Å². The molecule has 0 aliphatic carbocycles. The largest absolute Gasteiger partial charge is 0.357 e. The van der Waals surface area contributed by atoms with E-state index in [9.17, 15) is 5.26 Å². The van der Waals surface area contributed by atoms with Gasteiger partial charge in [-0.3, -0.25) is 4.40 Å². The molecule has 1 atom stereocenters. The number of benzene rings is 1. The van der Waals surface area contributed by atoms with Gasteiger partial charge in [0.25, 0.3) is 0 Å². The van der Waals surface area contributed by atoms with Gasteiger partial charge in [0.2, 0.25) is 0 Å². The van der Waals surface area contributed by atoms with Crippen LogP contribution in [0.3, 0.4) is 0 Å². The highest BCUT2D eigenvalue weighted by atomic mass is 15.3. The molecule has 0 N–H and O–H groups in total. The van der Waals surface area contributed by atoms with Crippen LogP contribution in [0.2, 0.25) is 0 Å². The Morgan fingerprint density at radius 2 is 2.03 bits per heavy atom. The van der Waals surface area contributed by atoms with Gasteiger partial charge in [0.05, 0.1) is 16.6 Å². The number of hydrogen-bond acceptors (Lipinski definition) is 5. The summed E-state index contributed by atoms with van der Waals surface area (Å²) in [6.45, 7) is 4.95. The molecule has 1 aromatic carbocycles. The van der Waals surface area contributed by atoms with E-state index in [1.807, 2.05) is 25.1 Å². The number of piperidine rings is 1. The van der Waals surface area contributed by atoms with Gasteiger partial charge >= 0.3 is 0 Å². The first-order valence-electron chi connectivity index (χ1n) is 10.7. The van der Waals surface area contributed by atoms with Gasteiger partial charge in [0.15, 0.2) is 5.65 Å². The highest BCUT2D eigenvalue weighted by Gasteiger charge is 2.30. The quantitative estimate of drug-likeness (QED) is 0.517. The lowest BCUT2D eigenvalue weighted by Gasteiger charge is -2.34. The van der Waals surface area contributed by atoms with Crippen molar-refractivity contribution in [1.82, 2.24) is 24.1 Å². The van der Waals surface area contributed by atoms with Crippen molar-refractivity contribution in [3.8, 4) is 6.07 Å². The monoisotopic (exact) mass is 397 g/mol. The molecular weight excluding hydrogens is 374 g/mol. The molecule has 0 bridgehead atoms. The Labute approximate surface area is 174 Å². The van der Waals surface area contributed by atoms with Crippen LogP contribution >= 0.6 is 0 Å². The van der Waals surface area contributed by atoms with Gasteiger partial charge in [-0.25, -0.2) is 4.98 Å². The zero-order valence-corrected chi connectivity index (χ0v) is 17.0. The Morgan fingerprint density at radius 3 is 2.93 bits per heavy atom. The first-order valence-corrected chi connectivity index (χ1v) is 10.7. The van der Waals surface area contributed by atoms with Crippen molar-refractivity contribution in [1.29, 1.82) is 5.26 Å². The molecule has 1 unspecified atom stereocenters. The highest BCUT2D eigenvalue weighted by molar-refractivity contribution is 5.85. The summed E-state index contributed by atoms with van der Waals surface area (Å²) in [5, 5.41) is 18.8. The van der Waals surface area contributed by atoms with Gasteiger partial charge in [0, 0.05) is 32.0 Å². The molecule has 7 heteroatoms. The molecule has 1 fully saturated rings. The standard InChI is InChI=1S/C23H23N7/c1-15-12-21(30-19-8-3-2-7-18(19)25-23(30)17(15)13-24)28-10-4-6-16(14-28)22-27-26-20-9-5-11-29(20)22/h2-3,7-8,12,16H,4-6,9-11,14H2,1H3. The number of nitrogens with zero attached hydrogens (tertiary/aromatic N) is 7. The number of pyridine rings is 1. The number of anilines is 1. The van der Waals surface area contributed by atoms with E-state index in [-0.39, 0.29) is 0 Å². The molecule has 3 aromatic heterocycles. The lowest BCUT2D eigenvalue weighted by atomic mass is 9.97. The Kier molecular flexibility index (Phi) is 3.82. The van der Waals surface area contributed by atoms with Crippen LogP contribution in [-0.2, 0) is 13.0 Å². The predicted octanol–water partition coefficient (Wildman–Crippen LogP) is 3.59. The van der Waals surface area contributed by atoms with E-state index in [1.165, 1.54) is 6.42 Å². The predicted molar refractivity (Wildman–Crippen MR) is 115 cm³/mol. The fraction of sp³-hybridized carbons (Fsp3) is 0.391. The van der Waals surface area contributed by atoms with Crippen LogP contribution in [0.25, 0.3) is 16.7 Å². The number of nitriles is 1. The molecule has 0 saturated carbocycles. The molecule has 7 nitrogen and oxygen atoms in total. The van der Waals surface area contributed by atoms with E-state index < -0.39 is 0 Å². The fourth-order valence-corrected chi connectivity index (χ4v) is 5.17. The van der Waals surface area contributed by atoms with Crippen LogP contribution in [-0.4, -0.2) is 37.2 Å². The second-order valence-electron chi connectivity index (χ2n) is 8.45. The fourth-order valence-electron chi connectivity index (χ4n) is 5.17. The van der Waals surface area contributed by atoms with Gasteiger partial charge in [-0.15, -0.1) is 10.2 Å². The third kappa shape index (κ3) is 2.46. The lowest BCUT2D eigenvalue weighted by Crippen LogP contribution is -2.36. The molecular formula is C23H23N7. The van der Waals surface area contributed by atoms with Gasteiger partial charge < -0.3 is 9.47 Å². The average molecular weight is 397 g/mol. The molecule has 2 aliphatic heterocycles. The molecule has 30 heavy (non-hydrogen) atoms. The number of fused-ring (bicyclic) bond motifs is 4. The number of aryl methyl sites for hydroxylation is 2. The Balaban J connectivity index is 1.48. The summed E-state index contributed by atoms with van der Waals surface area (Å²) < 4.78 is 4.50. The normalized spacial score (nSPS) is 18.8.